The van der Waals surface area contributed by atoms with Gasteiger partial charge in [-0.15, -0.1) is 0 Å². The van der Waals surface area contributed by atoms with Crippen LogP contribution in [-0.2, 0) is 71.2 Å². The Hall–Kier alpha value is -2.38. The topological polar surface area (TPSA) is 583 Å². The summed E-state index contributed by atoms with van der Waals surface area (Å²) in [5.41, 5.74) is 0. The third kappa shape index (κ3) is 14.7. The minimum absolute atomic E-state index is 0.882. The molecule has 482 valence electrons. The lowest BCUT2D eigenvalue weighted by atomic mass is 9.94. The van der Waals surface area contributed by atoms with Crippen LogP contribution in [0.5, 0.6) is 0 Å². The molecule has 7 heterocycles. The van der Waals surface area contributed by atoms with E-state index < -0.39 is 266 Å². The summed E-state index contributed by atoms with van der Waals surface area (Å²) < 4.78 is 75.9. The van der Waals surface area contributed by atoms with Crippen LogP contribution in [0, 0.1) is 0 Å². The Balaban J connectivity index is 1.21. The van der Waals surface area contributed by atoms with Crippen molar-refractivity contribution in [2.45, 2.75) is 236 Å². The summed E-state index contributed by atoms with van der Waals surface area (Å²) in [5, 5.41) is 220. The highest BCUT2D eigenvalue weighted by atomic mass is 16.8. The molecule has 0 unspecified atom stereocenters. The Morgan fingerprint density at radius 3 is 1.24 bits per heavy atom. The van der Waals surface area contributed by atoms with E-state index in [0.29, 0.717) is 0 Å². The van der Waals surface area contributed by atoms with E-state index in [9.17, 15) is 112 Å². The largest absolute Gasteiger partial charge is 0.394 e. The van der Waals surface area contributed by atoms with Gasteiger partial charge in [-0.3, -0.25) is 9.59 Å². The fourth-order valence-corrected chi connectivity index (χ4v) is 10.6. The number of ether oxygens (including phenoxy) is 13. The number of aliphatic hydroxyl groups is 20. The van der Waals surface area contributed by atoms with Crippen molar-refractivity contribution < 1.29 is 173 Å². The van der Waals surface area contributed by atoms with E-state index in [4.69, 9.17) is 61.6 Å². The van der Waals surface area contributed by atoms with Crippen molar-refractivity contribution in [1.82, 2.24) is 10.6 Å². The van der Waals surface area contributed by atoms with Gasteiger partial charge in [0.2, 0.25) is 11.8 Å². The van der Waals surface area contributed by atoms with Gasteiger partial charge >= 0.3 is 0 Å². The highest BCUT2D eigenvalue weighted by Gasteiger charge is 2.59. The first-order chi connectivity index (χ1) is 39.2. The van der Waals surface area contributed by atoms with Gasteiger partial charge in [-0.2, -0.15) is 0 Å². The molecule has 0 aromatic rings. The summed E-state index contributed by atoms with van der Waals surface area (Å²) in [6.07, 6.45) is -63.7. The van der Waals surface area contributed by atoms with Gasteiger partial charge in [0.25, 0.3) is 0 Å². The van der Waals surface area contributed by atoms with E-state index in [-0.39, 0.29) is 0 Å². The molecular formula is C46H78N2O35. The molecule has 0 aromatic heterocycles. The fraction of sp³-hybridized carbons (Fsp3) is 0.957. The number of amides is 2. The minimum Gasteiger partial charge on any atom is -0.394 e. The average molecular weight is 1220 g/mol. The smallest absolute Gasteiger partial charge is 0.217 e. The second-order valence-corrected chi connectivity index (χ2v) is 21.1. The lowest BCUT2D eigenvalue weighted by Gasteiger charge is -2.51. The Morgan fingerprint density at radius 2 is 0.723 bits per heavy atom. The second kappa shape index (κ2) is 29.3. The third-order valence-corrected chi connectivity index (χ3v) is 15.3. The van der Waals surface area contributed by atoms with E-state index in [2.05, 4.69) is 10.6 Å². The van der Waals surface area contributed by atoms with E-state index in [0.717, 1.165) is 13.8 Å². The molecule has 35 atom stereocenters. The number of hydrogen-bond acceptors (Lipinski definition) is 35. The molecule has 37 nitrogen and oxygen atoms in total. The summed E-state index contributed by atoms with van der Waals surface area (Å²) in [6.45, 7) is -2.73. The van der Waals surface area contributed by atoms with Gasteiger partial charge < -0.3 is 174 Å². The molecule has 7 aliphatic rings. The molecule has 0 spiro atoms. The molecule has 22 N–H and O–H groups in total. The molecular weight excluding hydrogens is 1140 g/mol. The molecule has 0 radical (unpaired) electrons. The summed E-state index contributed by atoms with van der Waals surface area (Å²) in [4.78, 5) is 25.8. The molecule has 7 saturated heterocycles. The van der Waals surface area contributed by atoms with Gasteiger partial charge in [-0.25, -0.2) is 0 Å². The lowest BCUT2D eigenvalue weighted by molar-refractivity contribution is -0.387. The first-order valence-corrected chi connectivity index (χ1v) is 26.5. The van der Waals surface area contributed by atoms with Gasteiger partial charge in [0, 0.05) is 13.8 Å². The van der Waals surface area contributed by atoms with Crippen LogP contribution in [0.15, 0.2) is 0 Å². The minimum atomic E-state index is -2.32. The first kappa shape index (κ1) is 68.1. The molecule has 7 aliphatic heterocycles. The normalized spacial score (nSPS) is 50.8. The van der Waals surface area contributed by atoms with Gasteiger partial charge in [0.05, 0.1) is 45.7 Å². The number of rotatable bonds is 20. The van der Waals surface area contributed by atoms with Crippen molar-refractivity contribution in [1.29, 1.82) is 0 Å². The number of aliphatic hydroxyl groups excluding tert-OH is 20. The van der Waals surface area contributed by atoms with E-state index in [1.807, 2.05) is 0 Å². The van der Waals surface area contributed by atoms with Crippen molar-refractivity contribution in [3.05, 3.63) is 0 Å². The zero-order valence-electron chi connectivity index (χ0n) is 44.5. The average Bonchev–Trinajstić information content (AvgIpc) is 2.60. The maximum Gasteiger partial charge on any atom is 0.217 e. The highest BCUT2D eigenvalue weighted by Crippen LogP contribution is 2.38. The van der Waals surface area contributed by atoms with Crippen LogP contribution in [0.25, 0.3) is 0 Å². The van der Waals surface area contributed by atoms with E-state index in [1.54, 1.807) is 0 Å². The van der Waals surface area contributed by atoms with Crippen molar-refractivity contribution in [2.75, 3.05) is 39.6 Å². The first-order valence-electron chi connectivity index (χ1n) is 26.5. The number of hydrogen-bond donors (Lipinski definition) is 22. The zero-order valence-corrected chi connectivity index (χ0v) is 44.5. The SMILES string of the molecule is CC(=O)N[C@H]1[C@H](O[C@H]2[C@@H](O)[C@@H](CO[C@@H]3O[C@H](CO)[C@@H](O[C@@H]4O[C@H](CO)[C@H](O)[C@H](O)[C@H]4O)[C@H](O[C@H]4O[C@H](C)[C@H](O)[C@H](O)[C@H]4O)[C@H]3NC(C)=O)O[C@@H](O[C@H]3[C@H](O)[C@@H](O)[C@H](O)O[C@@H]3CO)[C@@H]2O)O[C@H](CO)[C@@H](O[C@@H]2O[C@H](CO)[C@H](O)[C@H](O)[C@H]2O)[C@@H]1O. The molecule has 37 heteroatoms. The van der Waals surface area contributed by atoms with Crippen molar-refractivity contribution in [2.24, 2.45) is 0 Å². The predicted molar refractivity (Wildman–Crippen MR) is 254 cm³/mol. The fourth-order valence-electron chi connectivity index (χ4n) is 10.6. The Bertz CT molecular complexity index is 2040. The maximum atomic E-state index is 13.1. The molecule has 83 heavy (non-hydrogen) atoms. The molecule has 0 aromatic carbocycles. The Labute approximate surface area is 470 Å². The molecule has 0 bridgehead atoms. The van der Waals surface area contributed by atoms with Crippen LogP contribution in [0.1, 0.15) is 20.8 Å². The van der Waals surface area contributed by atoms with Gasteiger partial charge in [-0.05, 0) is 6.92 Å². The Morgan fingerprint density at radius 1 is 0.337 bits per heavy atom. The van der Waals surface area contributed by atoms with Crippen molar-refractivity contribution in [3.63, 3.8) is 0 Å². The zero-order chi connectivity index (χ0) is 61.2. The highest BCUT2D eigenvalue weighted by molar-refractivity contribution is 5.73. The quantitative estimate of drug-likeness (QED) is 0.0538. The molecule has 7 rings (SSSR count). The Kier molecular flexibility index (Phi) is 24.0. The number of nitrogens with one attached hydrogen (secondary N) is 2. The third-order valence-electron chi connectivity index (χ3n) is 15.3. The summed E-state index contributed by atoms with van der Waals surface area (Å²) in [5.74, 6) is -1.77. The standard InChI is InChI=1S/C46H78N2O35/c1-10-21(56)26(61)31(66)43(72-10)82-38-20(48-12(3)55)41(76-17(8-53)37(38)81-45-33(68)28(63)23(58)14(5-50)75-45)71-9-18-24(59)39(34(69)46(78-18)80-36-15(6-51)73-40(70)30(65)29(36)64)83-42-19(47-11(2)54)25(60)35(16(7-52)77-42)79-44-32(67)27(62)22(57)13(4-49)74-44/h10,13-46,49-53,56-70H,4-9H2,1-3H3,(H,47,54)(H,48,55)/t10-,13-,14-,15-,16-,17-,18-,19-,20-,21+,22+,23+,24+,25-,26+,27+,28+,29-,30-,31-,32-,33-,34-,35-,36-,37-,38-,39+,40-,41-,42+,43-,44+,45+,46+/m1/s1. The maximum absolute atomic E-state index is 13.1. The van der Waals surface area contributed by atoms with Crippen LogP contribution in [0.3, 0.4) is 0 Å². The van der Waals surface area contributed by atoms with Gasteiger partial charge in [-0.1, -0.05) is 0 Å². The predicted octanol–water partition coefficient (Wildman–Crippen LogP) is -15.0. The number of carbonyl (C=O) groups excluding carboxylic acids is 2. The summed E-state index contributed by atoms with van der Waals surface area (Å²) >= 11 is 0. The monoisotopic (exact) mass is 1220 g/mol. The summed E-state index contributed by atoms with van der Waals surface area (Å²) in [6, 6.07) is -3.63. The van der Waals surface area contributed by atoms with Crippen molar-refractivity contribution in [3.8, 4) is 0 Å². The summed E-state index contributed by atoms with van der Waals surface area (Å²) in [7, 11) is 0. The number of carbonyl (C=O) groups is 2. The van der Waals surface area contributed by atoms with Crippen LogP contribution in [0.2, 0.25) is 0 Å². The van der Waals surface area contributed by atoms with Crippen LogP contribution in [0.4, 0.5) is 0 Å². The second-order valence-electron chi connectivity index (χ2n) is 21.1. The van der Waals surface area contributed by atoms with E-state index in [1.165, 1.54) is 6.92 Å². The van der Waals surface area contributed by atoms with Crippen LogP contribution in [-0.4, -0.2) is 368 Å². The lowest BCUT2D eigenvalue weighted by Crippen LogP contribution is -2.70. The van der Waals surface area contributed by atoms with Crippen LogP contribution >= 0.6 is 0 Å². The van der Waals surface area contributed by atoms with E-state index >= 15 is 0 Å². The molecule has 0 saturated carbocycles. The van der Waals surface area contributed by atoms with Crippen molar-refractivity contribution >= 4 is 11.8 Å². The van der Waals surface area contributed by atoms with Crippen LogP contribution < -0.4 is 10.6 Å². The molecule has 2 amide bonds. The molecule has 0 aliphatic carbocycles. The molecule has 7 fully saturated rings. The van der Waals surface area contributed by atoms with Gasteiger partial charge in [0.15, 0.2) is 44.0 Å². The van der Waals surface area contributed by atoms with Gasteiger partial charge in [0.1, 0.15) is 165 Å².